The van der Waals surface area contributed by atoms with Crippen LogP contribution in [0.2, 0.25) is 0 Å². The number of hydrogen-bond acceptors (Lipinski definition) is 5. The fourth-order valence-corrected chi connectivity index (χ4v) is 3.94. The lowest BCUT2D eigenvalue weighted by atomic mass is 10.2. The Balaban J connectivity index is 1.93. The largest absolute Gasteiger partial charge is 0.494 e. The zero-order valence-corrected chi connectivity index (χ0v) is 17.7. The number of unbranched alkanes of at least 4 members (excludes halogenated alkanes) is 2. The normalized spacial score (nSPS) is 11.6. The molecule has 3 rings (SSSR count). The lowest BCUT2D eigenvalue weighted by molar-refractivity contribution is -0.141. The van der Waals surface area contributed by atoms with E-state index in [1.54, 1.807) is 34.9 Å². The van der Waals surface area contributed by atoms with Crippen LogP contribution in [-0.4, -0.2) is 30.2 Å². The fourth-order valence-electron chi connectivity index (χ4n) is 2.89. The minimum atomic E-state index is -0.490. The number of esters is 1. The van der Waals surface area contributed by atoms with Crippen LogP contribution in [0.3, 0.4) is 0 Å². The summed E-state index contributed by atoms with van der Waals surface area (Å²) < 4.78 is 26.2. The average molecular weight is 431 g/mol. The van der Waals surface area contributed by atoms with Gasteiger partial charge in [-0.25, -0.2) is 4.39 Å². The number of thiazole rings is 1. The van der Waals surface area contributed by atoms with Crippen LogP contribution >= 0.6 is 11.3 Å². The third-order valence-electron chi connectivity index (χ3n) is 4.45. The first kappa shape index (κ1) is 21.7. The summed E-state index contributed by atoms with van der Waals surface area (Å²) in [5.74, 6) is -0.761. The predicted molar refractivity (Wildman–Crippen MR) is 113 cm³/mol. The number of carbonyl (C=O) groups excluding carboxylic acids is 2. The summed E-state index contributed by atoms with van der Waals surface area (Å²) in [6, 6.07) is 11.0. The van der Waals surface area contributed by atoms with Crippen molar-refractivity contribution in [2.24, 2.45) is 4.99 Å². The average Bonchev–Trinajstić information content (AvgIpc) is 3.07. The Labute approximate surface area is 177 Å². The van der Waals surface area contributed by atoms with Crippen LogP contribution in [0.4, 0.5) is 4.39 Å². The number of rotatable bonds is 8. The van der Waals surface area contributed by atoms with Crippen LogP contribution in [0.1, 0.15) is 36.5 Å². The van der Waals surface area contributed by atoms with Gasteiger partial charge in [-0.1, -0.05) is 37.2 Å². The molecular formula is C22H23FN2O4S. The molecular weight excluding hydrogens is 407 g/mol. The van der Waals surface area contributed by atoms with Gasteiger partial charge in [0.2, 0.25) is 0 Å². The van der Waals surface area contributed by atoms with E-state index in [4.69, 9.17) is 9.47 Å². The Hall–Kier alpha value is -3.00. The number of methoxy groups -OCH3 is 1. The van der Waals surface area contributed by atoms with E-state index in [0.717, 1.165) is 30.6 Å². The van der Waals surface area contributed by atoms with Crippen molar-refractivity contribution in [3.05, 3.63) is 58.6 Å². The van der Waals surface area contributed by atoms with Crippen molar-refractivity contribution in [3.8, 4) is 5.75 Å². The molecule has 0 unspecified atom stereocenters. The van der Waals surface area contributed by atoms with Crippen molar-refractivity contribution in [1.29, 1.82) is 0 Å². The molecule has 1 heterocycles. The van der Waals surface area contributed by atoms with Crippen LogP contribution in [0.25, 0.3) is 10.2 Å². The smallest absolute Gasteiger partial charge is 0.325 e. The summed E-state index contributed by atoms with van der Waals surface area (Å²) in [7, 11) is 1.28. The van der Waals surface area contributed by atoms with Crippen LogP contribution in [-0.2, 0) is 16.1 Å². The molecule has 0 radical (unpaired) electrons. The molecule has 2 aromatic carbocycles. The van der Waals surface area contributed by atoms with Gasteiger partial charge in [0.25, 0.3) is 5.91 Å². The topological polar surface area (TPSA) is 69.9 Å². The number of amides is 1. The van der Waals surface area contributed by atoms with Gasteiger partial charge in [-0.05, 0) is 42.8 Å². The first-order chi connectivity index (χ1) is 14.5. The Kier molecular flexibility index (Phi) is 7.35. The van der Waals surface area contributed by atoms with Gasteiger partial charge in [-0.3, -0.25) is 9.59 Å². The first-order valence-corrected chi connectivity index (χ1v) is 10.5. The molecule has 1 amide bonds. The number of ether oxygens (including phenoxy) is 2. The van der Waals surface area contributed by atoms with Crippen molar-refractivity contribution < 1.29 is 23.5 Å². The second-order valence-electron chi connectivity index (χ2n) is 6.66. The van der Waals surface area contributed by atoms with Gasteiger partial charge in [0.1, 0.15) is 18.1 Å². The molecule has 0 aliphatic heterocycles. The highest BCUT2D eigenvalue weighted by Gasteiger charge is 2.13. The summed E-state index contributed by atoms with van der Waals surface area (Å²) >= 11 is 1.13. The minimum absolute atomic E-state index is 0.130. The van der Waals surface area contributed by atoms with Gasteiger partial charge in [0, 0.05) is 5.56 Å². The van der Waals surface area contributed by atoms with Crippen molar-refractivity contribution >= 4 is 33.4 Å². The van der Waals surface area contributed by atoms with E-state index in [2.05, 4.69) is 11.9 Å². The second kappa shape index (κ2) is 10.2. The number of carbonyl (C=O) groups is 2. The molecule has 3 aromatic rings. The predicted octanol–water partition coefficient (Wildman–Crippen LogP) is 4.33. The number of halogens is 1. The van der Waals surface area contributed by atoms with Crippen LogP contribution < -0.4 is 9.54 Å². The monoisotopic (exact) mass is 430 g/mol. The Bertz CT molecular complexity index is 1120. The molecule has 0 N–H and O–H groups in total. The van der Waals surface area contributed by atoms with Gasteiger partial charge >= 0.3 is 5.97 Å². The Morgan fingerprint density at radius 2 is 2.00 bits per heavy atom. The lowest BCUT2D eigenvalue weighted by Gasteiger charge is -2.06. The molecule has 0 spiro atoms. The van der Waals surface area contributed by atoms with E-state index in [-0.39, 0.29) is 6.54 Å². The maximum atomic E-state index is 13.6. The molecule has 1 aromatic heterocycles. The zero-order chi connectivity index (χ0) is 21.5. The van der Waals surface area contributed by atoms with E-state index in [0.29, 0.717) is 32.9 Å². The Morgan fingerprint density at radius 1 is 1.17 bits per heavy atom. The van der Waals surface area contributed by atoms with E-state index in [1.165, 1.54) is 19.2 Å². The van der Waals surface area contributed by atoms with E-state index >= 15 is 0 Å². The molecule has 0 atom stereocenters. The highest BCUT2D eigenvalue weighted by atomic mass is 32.1. The molecule has 30 heavy (non-hydrogen) atoms. The summed E-state index contributed by atoms with van der Waals surface area (Å²) in [5.41, 5.74) is 0.975. The van der Waals surface area contributed by atoms with Gasteiger partial charge in [-0.15, -0.1) is 0 Å². The number of hydrogen-bond donors (Lipinski definition) is 0. The first-order valence-electron chi connectivity index (χ1n) is 9.69. The van der Waals surface area contributed by atoms with E-state index < -0.39 is 17.7 Å². The lowest BCUT2D eigenvalue weighted by Crippen LogP contribution is -2.22. The highest BCUT2D eigenvalue weighted by molar-refractivity contribution is 7.16. The molecule has 0 saturated carbocycles. The standard InChI is InChI=1S/C22H23FN2O4S/c1-3-4-5-11-29-17-8-6-7-15(12-17)21(27)24-22-25(14-20(26)28-2)18-10-9-16(23)13-19(18)30-22/h6-10,12-13H,3-5,11,14H2,1-2H3. The third-order valence-corrected chi connectivity index (χ3v) is 5.50. The summed E-state index contributed by atoms with van der Waals surface area (Å²) in [6.07, 6.45) is 3.14. The molecule has 0 fully saturated rings. The van der Waals surface area contributed by atoms with Crippen LogP contribution in [0.15, 0.2) is 47.5 Å². The van der Waals surface area contributed by atoms with Gasteiger partial charge in [0.15, 0.2) is 4.80 Å². The van der Waals surface area contributed by atoms with E-state index in [1.807, 2.05) is 0 Å². The molecule has 8 heteroatoms. The zero-order valence-electron chi connectivity index (χ0n) is 16.9. The molecule has 0 saturated heterocycles. The summed E-state index contributed by atoms with van der Waals surface area (Å²) in [6.45, 7) is 2.58. The van der Waals surface area contributed by atoms with Crippen molar-refractivity contribution in [2.75, 3.05) is 13.7 Å². The number of aromatic nitrogens is 1. The van der Waals surface area contributed by atoms with Crippen molar-refractivity contribution in [2.45, 2.75) is 32.7 Å². The Morgan fingerprint density at radius 3 is 2.77 bits per heavy atom. The van der Waals surface area contributed by atoms with Gasteiger partial charge in [0.05, 0.1) is 23.9 Å². The molecule has 6 nitrogen and oxygen atoms in total. The summed E-state index contributed by atoms with van der Waals surface area (Å²) in [5, 5.41) is 0. The SMILES string of the molecule is CCCCCOc1cccc(C(=O)N=c2sc3cc(F)ccc3n2CC(=O)OC)c1. The van der Waals surface area contributed by atoms with Crippen molar-refractivity contribution in [1.82, 2.24) is 4.57 Å². The summed E-state index contributed by atoms with van der Waals surface area (Å²) in [4.78, 5) is 29.1. The van der Waals surface area contributed by atoms with E-state index in [9.17, 15) is 14.0 Å². The second-order valence-corrected chi connectivity index (χ2v) is 7.67. The number of benzene rings is 2. The minimum Gasteiger partial charge on any atom is -0.494 e. The van der Waals surface area contributed by atoms with Gasteiger partial charge in [-0.2, -0.15) is 4.99 Å². The number of fused-ring (bicyclic) bond motifs is 1. The van der Waals surface area contributed by atoms with Crippen LogP contribution in [0.5, 0.6) is 5.75 Å². The molecule has 0 aliphatic carbocycles. The maximum Gasteiger partial charge on any atom is 0.325 e. The fraction of sp³-hybridized carbons (Fsp3) is 0.318. The number of nitrogens with zero attached hydrogens (tertiary/aromatic N) is 2. The maximum absolute atomic E-state index is 13.6. The third kappa shape index (κ3) is 5.33. The van der Waals surface area contributed by atoms with Crippen LogP contribution in [0, 0.1) is 5.82 Å². The molecule has 0 bridgehead atoms. The molecule has 158 valence electrons. The molecule has 0 aliphatic rings. The highest BCUT2D eigenvalue weighted by Crippen LogP contribution is 2.19. The quantitative estimate of drug-likeness (QED) is 0.394. The van der Waals surface area contributed by atoms with Crippen molar-refractivity contribution in [3.63, 3.8) is 0 Å². The van der Waals surface area contributed by atoms with Gasteiger partial charge < -0.3 is 14.0 Å².